The van der Waals surface area contributed by atoms with Gasteiger partial charge >= 0.3 is 0 Å². The largest absolute Gasteiger partial charge is 0.381 e. The molecular formula is C19H20N2O. The van der Waals surface area contributed by atoms with Gasteiger partial charge < -0.3 is 9.64 Å². The van der Waals surface area contributed by atoms with E-state index in [-0.39, 0.29) is 0 Å². The number of hydrogen-bond acceptors (Lipinski definition) is 3. The van der Waals surface area contributed by atoms with E-state index in [0.717, 1.165) is 23.8 Å². The summed E-state index contributed by atoms with van der Waals surface area (Å²) in [5, 5.41) is 11.6. The minimum atomic E-state index is 0.401. The third kappa shape index (κ3) is 1.99. The number of hydrogen-bond donors (Lipinski definition) is 0. The second-order valence-corrected chi connectivity index (χ2v) is 6.41. The number of benzene rings is 2. The van der Waals surface area contributed by atoms with Crippen LogP contribution in [0.2, 0.25) is 0 Å². The Morgan fingerprint density at radius 1 is 1.05 bits per heavy atom. The third-order valence-corrected chi connectivity index (χ3v) is 5.32. The Morgan fingerprint density at radius 2 is 1.73 bits per heavy atom. The van der Waals surface area contributed by atoms with Crippen molar-refractivity contribution in [3.63, 3.8) is 0 Å². The molecule has 0 N–H and O–H groups in total. The third-order valence-electron chi connectivity index (χ3n) is 5.32. The maximum absolute atomic E-state index is 9.34. The van der Waals surface area contributed by atoms with E-state index in [1.807, 2.05) is 19.2 Å². The van der Waals surface area contributed by atoms with Gasteiger partial charge in [0.05, 0.1) is 17.7 Å². The van der Waals surface area contributed by atoms with Crippen LogP contribution in [0, 0.1) is 11.3 Å². The molecule has 2 atom stereocenters. The molecule has 0 aromatic heterocycles. The van der Waals surface area contributed by atoms with Crippen LogP contribution < -0.4 is 4.90 Å². The number of nitrogens with zero attached hydrogens (tertiary/aromatic N) is 2. The summed E-state index contributed by atoms with van der Waals surface area (Å²) < 4.78 is 5.61. The Balaban J connectivity index is 1.81. The highest BCUT2D eigenvalue weighted by Crippen LogP contribution is 2.42. The molecule has 2 fully saturated rings. The molecule has 2 bridgehead atoms. The van der Waals surface area contributed by atoms with Crippen molar-refractivity contribution in [2.24, 2.45) is 0 Å². The fraction of sp³-hybridized carbons (Fsp3) is 0.421. The summed E-state index contributed by atoms with van der Waals surface area (Å²) in [4.78, 5) is 2.60. The lowest BCUT2D eigenvalue weighted by atomic mass is 9.96. The average molecular weight is 292 g/mol. The van der Waals surface area contributed by atoms with Gasteiger partial charge in [-0.15, -0.1) is 0 Å². The summed E-state index contributed by atoms with van der Waals surface area (Å²) in [6, 6.07) is 15.8. The zero-order chi connectivity index (χ0) is 15.1. The monoisotopic (exact) mass is 292 g/mol. The normalized spacial score (nSPS) is 27.1. The van der Waals surface area contributed by atoms with Crippen LogP contribution in [-0.4, -0.2) is 25.3 Å². The van der Waals surface area contributed by atoms with Crippen LogP contribution >= 0.6 is 0 Å². The van der Waals surface area contributed by atoms with Gasteiger partial charge in [0.15, 0.2) is 0 Å². The number of fused-ring (bicyclic) bond motifs is 3. The molecule has 2 aliphatic heterocycles. The van der Waals surface area contributed by atoms with Gasteiger partial charge in [-0.05, 0) is 37.8 Å². The van der Waals surface area contributed by atoms with Crippen LogP contribution in [0.3, 0.4) is 0 Å². The van der Waals surface area contributed by atoms with Gasteiger partial charge in [-0.25, -0.2) is 0 Å². The standard InChI is InChI=1S/C19H20N2O/c1-22-16-10-14-7-8-15(11-16)21(14)19-9-6-13(12-20)17-4-2-3-5-18(17)19/h2-6,9,14-16H,7-8,10-11H2,1H3/t14-,15-/m1/s1. The number of ether oxygens (including phenoxy) is 1. The van der Waals surface area contributed by atoms with Gasteiger partial charge in [0, 0.05) is 35.7 Å². The first-order valence-electron chi connectivity index (χ1n) is 8.05. The van der Waals surface area contributed by atoms with Crippen molar-refractivity contribution < 1.29 is 4.74 Å². The number of piperidine rings is 1. The van der Waals surface area contributed by atoms with Crippen LogP contribution in [0.4, 0.5) is 5.69 Å². The SMILES string of the molecule is COC1C[C@H]2CC[C@H](C1)N2c1ccc(C#N)c2ccccc12. The predicted octanol–water partition coefficient (Wildman–Crippen LogP) is 3.86. The molecule has 4 rings (SSSR count). The highest BCUT2D eigenvalue weighted by molar-refractivity contribution is 5.98. The van der Waals surface area contributed by atoms with Crippen LogP contribution in [0.1, 0.15) is 31.2 Å². The van der Waals surface area contributed by atoms with E-state index in [1.54, 1.807) is 0 Å². The molecule has 22 heavy (non-hydrogen) atoms. The summed E-state index contributed by atoms with van der Waals surface area (Å²) >= 11 is 0. The maximum atomic E-state index is 9.34. The number of methoxy groups -OCH3 is 1. The van der Waals surface area contributed by atoms with E-state index in [4.69, 9.17) is 4.74 Å². The highest BCUT2D eigenvalue weighted by Gasteiger charge is 2.41. The van der Waals surface area contributed by atoms with Gasteiger partial charge in [-0.1, -0.05) is 24.3 Å². The lowest BCUT2D eigenvalue weighted by Crippen LogP contribution is -2.45. The molecule has 0 radical (unpaired) electrons. The molecule has 3 nitrogen and oxygen atoms in total. The first-order chi connectivity index (χ1) is 10.8. The maximum Gasteiger partial charge on any atom is 0.0998 e. The molecule has 2 aromatic rings. The lowest BCUT2D eigenvalue weighted by Gasteiger charge is -2.40. The fourth-order valence-corrected chi connectivity index (χ4v) is 4.32. The van der Waals surface area contributed by atoms with Crippen molar-refractivity contribution in [1.82, 2.24) is 0 Å². The summed E-state index contributed by atoms with van der Waals surface area (Å²) in [6.07, 6.45) is 5.12. The van der Waals surface area contributed by atoms with E-state index >= 15 is 0 Å². The Hall–Kier alpha value is -2.05. The summed E-state index contributed by atoms with van der Waals surface area (Å²) in [6.45, 7) is 0. The second kappa shape index (κ2) is 5.30. The van der Waals surface area contributed by atoms with Crippen LogP contribution in [0.5, 0.6) is 0 Å². The quantitative estimate of drug-likeness (QED) is 0.843. The molecular weight excluding hydrogens is 272 g/mol. The Labute approximate surface area is 131 Å². The van der Waals surface area contributed by atoms with E-state index in [1.165, 1.54) is 23.9 Å². The molecule has 0 spiro atoms. The molecule has 2 saturated heterocycles. The summed E-state index contributed by atoms with van der Waals surface area (Å²) in [5.41, 5.74) is 2.05. The molecule has 2 aliphatic rings. The van der Waals surface area contributed by atoms with Crippen molar-refractivity contribution in [2.45, 2.75) is 43.9 Å². The van der Waals surface area contributed by atoms with Crippen LogP contribution in [0.15, 0.2) is 36.4 Å². The zero-order valence-electron chi connectivity index (χ0n) is 12.8. The second-order valence-electron chi connectivity index (χ2n) is 6.41. The molecule has 0 unspecified atom stereocenters. The Bertz CT molecular complexity index is 735. The number of rotatable bonds is 2. The number of anilines is 1. The molecule has 0 saturated carbocycles. The van der Waals surface area contributed by atoms with Gasteiger partial charge in [-0.3, -0.25) is 0 Å². The number of nitriles is 1. The average Bonchev–Trinajstić information content (AvgIpc) is 2.83. The van der Waals surface area contributed by atoms with Crippen molar-refractivity contribution in [3.05, 3.63) is 42.0 Å². The molecule has 3 heteroatoms. The highest BCUT2D eigenvalue weighted by atomic mass is 16.5. The summed E-state index contributed by atoms with van der Waals surface area (Å²) in [5.74, 6) is 0. The first kappa shape index (κ1) is 13.6. The van der Waals surface area contributed by atoms with Gasteiger partial charge in [0.2, 0.25) is 0 Å². The van der Waals surface area contributed by atoms with Crippen molar-refractivity contribution >= 4 is 16.5 Å². The molecule has 2 heterocycles. The summed E-state index contributed by atoms with van der Waals surface area (Å²) in [7, 11) is 1.83. The van der Waals surface area contributed by atoms with E-state index in [0.29, 0.717) is 18.2 Å². The molecule has 0 aliphatic carbocycles. The zero-order valence-corrected chi connectivity index (χ0v) is 12.8. The minimum Gasteiger partial charge on any atom is -0.381 e. The molecule has 2 aromatic carbocycles. The molecule has 0 amide bonds. The van der Waals surface area contributed by atoms with Gasteiger partial charge in [-0.2, -0.15) is 5.26 Å². The first-order valence-corrected chi connectivity index (χ1v) is 8.05. The molecule has 112 valence electrons. The van der Waals surface area contributed by atoms with Crippen molar-refractivity contribution in [3.8, 4) is 6.07 Å². The Morgan fingerprint density at radius 3 is 2.36 bits per heavy atom. The van der Waals surface area contributed by atoms with Crippen molar-refractivity contribution in [2.75, 3.05) is 12.0 Å². The van der Waals surface area contributed by atoms with E-state index < -0.39 is 0 Å². The predicted molar refractivity (Wildman–Crippen MR) is 88.0 cm³/mol. The van der Waals surface area contributed by atoms with E-state index in [2.05, 4.69) is 35.2 Å². The minimum absolute atomic E-state index is 0.401. The van der Waals surface area contributed by atoms with E-state index in [9.17, 15) is 5.26 Å². The lowest BCUT2D eigenvalue weighted by molar-refractivity contribution is 0.0684. The van der Waals surface area contributed by atoms with Crippen LogP contribution in [-0.2, 0) is 4.74 Å². The smallest absolute Gasteiger partial charge is 0.0998 e. The van der Waals surface area contributed by atoms with Gasteiger partial charge in [0.25, 0.3) is 0 Å². The van der Waals surface area contributed by atoms with Gasteiger partial charge in [0.1, 0.15) is 0 Å². The Kier molecular flexibility index (Phi) is 3.28. The van der Waals surface area contributed by atoms with Crippen molar-refractivity contribution in [1.29, 1.82) is 5.26 Å². The fourth-order valence-electron chi connectivity index (χ4n) is 4.32. The van der Waals surface area contributed by atoms with Crippen LogP contribution in [0.25, 0.3) is 10.8 Å². The topological polar surface area (TPSA) is 36.3 Å².